The molecule has 0 fully saturated rings. The minimum absolute atomic E-state index is 0.0219. The standard InChI is InChI=1S/C11H10BrFOS/c1-6-4-15-5-8-7(11(6)14)2-3-9(13)10(8)12/h2-3,6H,4-5H2,1H3. The number of hydrogen-bond donors (Lipinski definition) is 0. The molecule has 1 aromatic rings. The van der Waals surface area contributed by atoms with Crippen molar-refractivity contribution < 1.29 is 9.18 Å². The Bertz CT molecular complexity index is 419. The van der Waals surface area contributed by atoms with E-state index in [-0.39, 0.29) is 17.5 Å². The van der Waals surface area contributed by atoms with E-state index in [1.165, 1.54) is 6.07 Å². The number of ketones is 1. The van der Waals surface area contributed by atoms with Gasteiger partial charge in [0.2, 0.25) is 0 Å². The second-order valence-corrected chi connectivity index (χ2v) is 5.49. The van der Waals surface area contributed by atoms with Crippen molar-refractivity contribution in [2.45, 2.75) is 12.7 Å². The van der Waals surface area contributed by atoms with Crippen molar-refractivity contribution in [2.75, 3.05) is 5.75 Å². The SMILES string of the molecule is CC1CSCc2c(ccc(F)c2Br)C1=O. The van der Waals surface area contributed by atoms with E-state index in [0.29, 0.717) is 15.8 Å². The predicted molar refractivity (Wildman–Crippen MR) is 63.8 cm³/mol. The lowest BCUT2D eigenvalue weighted by Gasteiger charge is -2.08. The van der Waals surface area contributed by atoms with E-state index >= 15 is 0 Å². The number of Topliss-reactive ketones (excluding diaryl/α,β-unsaturated/α-hetero) is 1. The van der Waals surface area contributed by atoms with Gasteiger partial charge in [-0.25, -0.2) is 4.39 Å². The monoisotopic (exact) mass is 288 g/mol. The quantitative estimate of drug-likeness (QED) is 0.725. The zero-order valence-corrected chi connectivity index (χ0v) is 10.6. The topological polar surface area (TPSA) is 17.1 Å². The van der Waals surface area contributed by atoms with Gasteiger partial charge in [0.05, 0.1) is 4.47 Å². The maximum absolute atomic E-state index is 13.3. The van der Waals surface area contributed by atoms with Crippen LogP contribution < -0.4 is 0 Å². The number of halogens is 2. The first-order chi connectivity index (χ1) is 7.11. The minimum Gasteiger partial charge on any atom is -0.294 e. The maximum Gasteiger partial charge on any atom is 0.166 e. The summed E-state index contributed by atoms with van der Waals surface area (Å²) < 4.78 is 13.7. The van der Waals surface area contributed by atoms with Crippen LogP contribution in [0.2, 0.25) is 0 Å². The first kappa shape index (κ1) is 11.1. The van der Waals surface area contributed by atoms with E-state index < -0.39 is 0 Å². The Kier molecular flexibility index (Phi) is 3.16. The molecular formula is C11H10BrFOS. The Hall–Kier alpha value is -0.350. The first-order valence-electron chi connectivity index (χ1n) is 4.70. The molecule has 0 N–H and O–H groups in total. The van der Waals surface area contributed by atoms with Gasteiger partial charge in [-0.1, -0.05) is 6.92 Å². The highest BCUT2D eigenvalue weighted by Gasteiger charge is 2.24. The van der Waals surface area contributed by atoms with Crippen LogP contribution in [0.25, 0.3) is 0 Å². The van der Waals surface area contributed by atoms with E-state index in [2.05, 4.69) is 15.9 Å². The molecule has 1 nitrogen and oxygen atoms in total. The molecule has 1 aliphatic rings. The molecule has 0 aromatic heterocycles. The third-order valence-corrected chi connectivity index (χ3v) is 4.61. The summed E-state index contributed by atoms with van der Waals surface area (Å²) in [5.74, 6) is 1.35. The lowest BCUT2D eigenvalue weighted by atomic mass is 9.97. The largest absolute Gasteiger partial charge is 0.294 e. The molecule has 0 saturated carbocycles. The Balaban J connectivity index is 2.58. The van der Waals surface area contributed by atoms with Gasteiger partial charge in [0, 0.05) is 23.0 Å². The van der Waals surface area contributed by atoms with E-state index in [1.54, 1.807) is 17.8 Å². The van der Waals surface area contributed by atoms with Gasteiger partial charge in [-0.15, -0.1) is 0 Å². The van der Waals surface area contributed by atoms with Crippen LogP contribution in [0, 0.1) is 11.7 Å². The van der Waals surface area contributed by atoms with Gasteiger partial charge >= 0.3 is 0 Å². The Morgan fingerprint density at radius 2 is 2.27 bits per heavy atom. The van der Waals surface area contributed by atoms with Crippen molar-refractivity contribution in [1.29, 1.82) is 0 Å². The van der Waals surface area contributed by atoms with Gasteiger partial charge < -0.3 is 0 Å². The molecular weight excluding hydrogens is 279 g/mol. The summed E-state index contributed by atoms with van der Waals surface area (Å²) in [4.78, 5) is 11.9. The first-order valence-corrected chi connectivity index (χ1v) is 6.65. The van der Waals surface area contributed by atoms with Crippen molar-refractivity contribution >= 4 is 33.5 Å². The molecule has 1 aliphatic heterocycles. The maximum atomic E-state index is 13.3. The van der Waals surface area contributed by atoms with Crippen molar-refractivity contribution in [3.63, 3.8) is 0 Å². The second-order valence-electron chi connectivity index (χ2n) is 3.67. The summed E-state index contributed by atoms with van der Waals surface area (Å²) in [5, 5.41) is 0. The van der Waals surface area contributed by atoms with Crippen molar-refractivity contribution in [1.82, 2.24) is 0 Å². The number of carbonyl (C=O) groups is 1. The van der Waals surface area contributed by atoms with Crippen molar-refractivity contribution in [3.8, 4) is 0 Å². The molecule has 0 spiro atoms. The molecule has 0 radical (unpaired) electrons. The molecule has 1 heterocycles. The van der Waals surface area contributed by atoms with Gasteiger partial charge in [0.15, 0.2) is 5.78 Å². The summed E-state index contributed by atoms with van der Waals surface area (Å²) in [6.45, 7) is 1.92. The van der Waals surface area contributed by atoms with Crippen LogP contribution in [-0.4, -0.2) is 11.5 Å². The van der Waals surface area contributed by atoms with Gasteiger partial charge in [0.1, 0.15) is 5.82 Å². The molecule has 2 rings (SSSR count). The van der Waals surface area contributed by atoms with E-state index in [1.807, 2.05) is 6.92 Å². The highest BCUT2D eigenvalue weighted by molar-refractivity contribution is 9.10. The van der Waals surface area contributed by atoms with E-state index in [0.717, 1.165) is 11.3 Å². The fourth-order valence-corrected chi connectivity index (χ4v) is 3.44. The average molecular weight is 289 g/mol. The number of rotatable bonds is 0. The molecule has 0 aliphatic carbocycles. The fourth-order valence-electron chi connectivity index (χ4n) is 1.64. The van der Waals surface area contributed by atoms with Crippen LogP contribution >= 0.6 is 27.7 Å². The fraction of sp³-hybridized carbons (Fsp3) is 0.364. The van der Waals surface area contributed by atoms with Gasteiger partial charge in [-0.2, -0.15) is 11.8 Å². The predicted octanol–water partition coefficient (Wildman–Crippen LogP) is 3.65. The Labute approximate surface area is 101 Å². The Morgan fingerprint density at radius 1 is 1.53 bits per heavy atom. The molecule has 1 unspecified atom stereocenters. The molecule has 1 atom stereocenters. The molecule has 0 saturated heterocycles. The van der Waals surface area contributed by atoms with E-state index in [9.17, 15) is 9.18 Å². The highest BCUT2D eigenvalue weighted by Crippen LogP contribution is 2.33. The van der Waals surface area contributed by atoms with Crippen molar-refractivity contribution in [3.05, 3.63) is 33.5 Å². The van der Waals surface area contributed by atoms with E-state index in [4.69, 9.17) is 0 Å². The van der Waals surface area contributed by atoms with Crippen molar-refractivity contribution in [2.24, 2.45) is 5.92 Å². The zero-order valence-electron chi connectivity index (χ0n) is 8.22. The number of hydrogen-bond acceptors (Lipinski definition) is 2. The number of benzene rings is 1. The second kappa shape index (κ2) is 4.26. The number of fused-ring (bicyclic) bond motifs is 1. The number of carbonyl (C=O) groups excluding carboxylic acids is 1. The summed E-state index contributed by atoms with van der Waals surface area (Å²) in [6, 6.07) is 2.95. The summed E-state index contributed by atoms with van der Waals surface area (Å²) in [7, 11) is 0. The Morgan fingerprint density at radius 3 is 3.00 bits per heavy atom. The molecule has 0 amide bonds. The normalized spacial score (nSPS) is 21.0. The third-order valence-electron chi connectivity index (χ3n) is 2.52. The molecule has 1 aromatic carbocycles. The lowest BCUT2D eigenvalue weighted by molar-refractivity contribution is 0.0942. The van der Waals surface area contributed by atoms with Crippen LogP contribution in [0.1, 0.15) is 22.8 Å². The smallest absolute Gasteiger partial charge is 0.166 e. The molecule has 80 valence electrons. The lowest BCUT2D eigenvalue weighted by Crippen LogP contribution is -2.13. The third kappa shape index (κ3) is 1.97. The summed E-state index contributed by atoms with van der Waals surface area (Å²) in [6.07, 6.45) is 0. The molecule has 15 heavy (non-hydrogen) atoms. The van der Waals surface area contributed by atoms with Crippen LogP contribution in [-0.2, 0) is 5.75 Å². The molecule has 0 bridgehead atoms. The average Bonchev–Trinajstić information content (AvgIpc) is 2.35. The summed E-state index contributed by atoms with van der Waals surface area (Å²) >= 11 is 4.88. The van der Waals surface area contributed by atoms with Crippen LogP contribution in [0.5, 0.6) is 0 Å². The number of thioether (sulfide) groups is 1. The highest BCUT2D eigenvalue weighted by atomic mass is 79.9. The van der Waals surface area contributed by atoms with Gasteiger partial charge in [-0.3, -0.25) is 4.79 Å². The minimum atomic E-state index is -0.295. The van der Waals surface area contributed by atoms with Crippen LogP contribution in [0.3, 0.4) is 0 Å². The van der Waals surface area contributed by atoms with Crippen LogP contribution in [0.4, 0.5) is 4.39 Å². The zero-order chi connectivity index (χ0) is 11.0. The summed E-state index contributed by atoms with van der Waals surface area (Å²) in [5.41, 5.74) is 1.47. The van der Waals surface area contributed by atoms with Gasteiger partial charge in [-0.05, 0) is 33.6 Å². The molecule has 4 heteroatoms. The van der Waals surface area contributed by atoms with Crippen LogP contribution in [0.15, 0.2) is 16.6 Å². The van der Waals surface area contributed by atoms with Gasteiger partial charge in [0.25, 0.3) is 0 Å².